The van der Waals surface area contributed by atoms with Gasteiger partial charge in [-0.2, -0.15) is 0 Å². The highest BCUT2D eigenvalue weighted by Crippen LogP contribution is 2.23. The molecule has 0 aliphatic rings. The molecule has 0 saturated carbocycles. The Hall–Kier alpha value is -1.79. The van der Waals surface area contributed by atoms with Gasteiger partial charge in [-0.25, -0.2) is 0 Å². The summed E-state index contributed by atoms with van der Waals surface area (Å²) in [6.07, 6.45) is 0. The van der Waals surface area contributed by atoms with Crippen molar-refractivity contribution in [2.24, 2.45) is 5.73 Å². The molecule has 7 heteroatoms. The fraction of sp³-hybridized carbons (Fsp3) is 0.385. The van der Waals surface area contributed by atoms with Gasteiger partial charge < -0.3 is 16.8 Å². The normalized spacial score (nSPS) is 10.8. The van der Waals surface area contributed by atoms with Crippen LogP contribution in [0.4, 0.5) is 11.4 Å². The second-order valence-corrected chi connectivity index (χ2v) is 5.16. The molecule has 110 valence electrons. The molecule has 0 fully saturated rings. The first-order valence-electron chi connectivity index (χ1n) is 6.17. The molecule has 0 aromatic heterocycles. The van der Waals surface area contributed by atoms with Crippen LogP contribution in [-0.4, -0.2) is 35.8 Å². The van der Waals surface area contributed by atoms with Gasteiger partial charge in [0.25, 0.3) is 0 Å². The van der Waals surface area contributed by atoms with Crippen LogP contribution in [0.15, 0.2) is 18.2 Å². The van der Waals surface area contributed by atoms with Crippen molar-refractivity contribution in [1.82, 2.24) is 4.90 Å². The zero-order valence-corrected chi connectivity index (χ0v) is 12.3. The second-order valence-electron chi connectivity index (χ2n) is 4.75. The number of halogens is 1. The predicted molar refractivity (Wildman–Crippen MR) is 80.4 cm³/mol. The molecule has 6 nitrogen and oxygen atoms in total. The van der Waals surface area contributed by atoms with Crippen LogP contribution in [0.1, 0.15) is 13.8 Å². The molecule has 0 aliphatic heterocycles. The molecule has 20 heavy (non-hydrogen) atoms. The van der Waals surface area contributed by atoms with E-state index in [1.165, 1.54) is 0 Å². The molecule has 0 aliphatic carbocycles. The van der Waals surface area contributed by atoms with E-state index in [4.69, 9.17) is 23.1 Å². The number of nitrogens with two attached hydrogens (primary N) is 2. The standard InChI is InChI=1S/C13H19ClN4O2/c1-8(2)18(6-12(16)19)7-13(20)17-11-5-9(15)3-4-10(11)14/h3-5,8H,6-7,15H2,1-2H3,(H2,16,19)(H,17,20). The number of carbonyl (C=O) groups excluding carboxylic acids is 2. The predicted octanol–water partition coefficient (Wildman–Crippen LogP) is 1.06. The van der Waals surface area contributed by atoms with E-state index in [1.807, 2.05) is 13.8 Å². The van der Waals surface area contributed by atoms with Crippen LogP contribution in [0.2, 0.25) is 5.02 Å². The van der Waals surface area contributed by atoms with E-state index < -0.39 is 5.91 Å². The molecular weight excluding hydrogens is 280 g/mol. The highest BCUT2D eigenvalue weighted by Gasteiger charge is 2.16. The van der Waals surface area contributed by atoms with E-state index in [-0.39, 0.29) is 25.0 Å². The maximum atomic E-state index is 12.0. The van der Waals surface area contributed by atoms with Crippen molar-refractivity contribution < 1.29 is 9.59 Å². The summed E-state index contributed by atoms with van der Waals surface area (Å²) in [6.45, 7) is 3.83. The largest absolute Gasteiger partial charge is 0.399 e. The number of nitrogen functional groups attached to an aromatic ring is 1. The first-order chi connectivity index (χ1) is 9.29. The fourth-order valence-electron chi connectivity index (χ4n) is 1.63. The van der Waals surface area contributed by atoms with Gasteiger partial charge in [0.1, 0.15) is 0 Å². The maximum absolute atomic E-state index is 12.0. The van der Waals surface area contributed by atoms with Gasteiger partial charge in [0, 0.05) is 11.7 Å². The van der Waals surface area contributed by atoms with Crippen molar-refractivity contribution in [3.63, 3.8) is 0 Å². The van der Waals surface area contributed by atoms with Gasteiger partial charge in [-0.1, -0.05) is 11.6 Å². The lowest BCUT2D eigenvalue weighted by Crippen LogP contribution is -2.43. The molecule has 0 atom stereocenters. The van der Waals surface area contributed by atoms with Gasteiger partial charge in [0.15, 0.2) is 0 Å². The van der Waals surface area contributed by atoms with Crippen molar-refractivity contribution in [1.29, 1.82) is 0 Å². The molecule has 1 aromatic rings. The van der Waals surface area contributed by atoms with Crippen molar-refractivity contribution in [3.8, 4) is 0 Å². The lowest BCUT2D eigenvalue weighted by molar-refractivity contribution is -0.121. The van der Waals surface area contributed by atoms with E-state index in [9.17, 15) is 9.59 Å². The topological polar surface area (TPSA) is 101 Å². The minimum Gasteiger partial charge on any atom is -0.399 e. The molecule has 0 bridgehead atoms. The Labute approximate surface area is 123 Å². The molecule has 0 heterocycles. The van der Waals surface area contributed by atoms with Crippen LogP contribution >= 0.6 is 11.6 Å². The van der Waals surface area contributed by atoms with Crippen molar-refractivity contribution in [2.75, 3.05) is 24.1 Å². The van der Waals surface area contributed by atoms with Crippen LogP contribution in [0.25, 0.3) is 0 Å². The number of hydrogen-bond donors (Lipinski definition) is 3. The number of hydrogen-bond acceptors (Lipinski definition) is 4. The second kappa shape index (κ2) is 7.12. The summed E-state index contributed by atoms with van der Waals surface area (Å²) in [7, 11) is 0. The third kappa shape index (κ3) is 5.07. The van der Waals surface area contributed by atoms with E-state index in [1.54, 1.807) is 23.1 Å². The number of primary amides is 1. The highest BCUT2D eigenvalue weighted by atomic mass is 35.5. The van der Waals surface area contributed by atoms with Crippen molar-refractivity contribution in [2.45, 2.75) is 19.9 Å². The smallest absolute Gasteiger partial charge is 0.238 e. The molecule has 0 unspecified atom stereocenters. The summed E-state index contributed by atoms with van der Waals surface area (Å²) >= 11 is 5.97. The Morgan fingerprint density at radius 1 is 1.35 bits per heavy atom. The summed E-state index contributed by atoms with van der Waals surface area (Å²) < 4.78 is 0. The molecule has 1 aromatic carbocycles. The van der Waals surface area contributed by atoms with Crippen molar-refractivity contribution in [3.05, 3.63) is 23.2 Å². The Morgan fingerprint density at radius 3 is 2.55 bits per heavy atom. The van der Waals surface area contributed by atoms with E-state index >= 15 is 0 Å². The average molecular weight is 299 g/mol. The Kier molecular flexibility index (Phi) is 5.79. The zero-order chi connectivity index (χ0) is 15.3. The zero-order valence-electron chi connectivity index (χ0n) is 11.5. The number of nitrogens with one attached hydrogen (secondary N) is 1. The number of rotatable bonds is 6. The fourth-order valence-corrected chi connectivity index (χ4v) is 1.80. The minimum atomic E-state index is -0.478. The number of benzene rings is 1. The number of carbonyl (C=O) groups is 2. The molecule has 0 spiro atoms. The monoisotopic (exact) mass is 298 g/mol. The maximum Gasteiger partial charge on any atom is 0.238 e. The highest BCUT2D eigenvalue weighted by molar-refractivity contribution is 6.33. The quantitative estimate of drug-likeness (QED) is 0.683. The molecule has 5 N–H and O–H groups in total. The minimum absolute atomic E-state index is 0.0181. The van der Waals surface area contributed by atoms with Gasteiger partial charge in [0.05, 0.1) is 23.8 Å². The van der Waals surface area contributed by atoms with Crippen LogP contribution in [0.3, 0.4) is 0 Å². The molecular formula is C13H19ClN4O2. The third-order valence-corrected chi connectivity index (χ3v) is 3.03. The Bertz CT molecular complexity index is 505. The third-order valence-electron chi connectivity index (χ3n) is 2.70. The van der Waals surface area contributed by atoms with Gasteiger partial charge in [0.2, 0.25) is 11.8 Å². The van der Waals surface area contributed by atoms with E-state index in [0.29, 0.717) is 16.4 Å². The lowest BCUT2D eigenvalue weighted by Gasteiger charge is -2.24. The van der Waals surface area contributed by atoms with E-state index in [2.05, 4.69) is 5.32 Å². The van der Waals surface area contributed by atoms with Crippen LogP contribution in [0.5, 0.6) is 0 Å². The molecule has 0 radical (unpaired) electrons. The van der Waals surface area contributed by atoms with Crippen molar-refractivity contribution >= 4 is 34.8 Å². The summed E-state index contributed by atoms with van der Waals surface area (Å²) in [5, 5.41) is 3.07. The summed E-state index contributed by atoms with van der Waals surface area (Å²) in [5.74, 6) is -0.763. The van der Waals surface area contributed by atoms with Gasteiger partial charge in [-0.3, -0.25) is 14.5 Å². The number of anilines is 2. The van der Waals surface area contributed by atoms with E-state index in [0.717, 1.165) is 0 Å². The molecule has 1 rings (SSSR count). The number of amides is 2. The summed E-state index contributed by atoms with van der Waals surface area (Å²) in [5.41, 5.74) is 11.7. The molecule has 2 amide bonds. The lowest BCUT2D eigenvalue weighted by atomic mass is 10.2. The van der Waals surface area contributed by atoms with Crippen LogP contribution in [0, 0.1) is 0 Å². The Balaban J connectivity index is 2.70. The Morgan fingerprint density at radius 2 is 2.00 bits per heavy atom. The van der Waals surface area contributed by atoms with Gasteiger partial charge >= 0.3 is 0 Å². The van der Waals surface area contributed by atoms with Crippen LogP contribution < -0.4 is 16.8 Å². The van der Waals surface area contributed by atoms with Gasteiger partial charge in [-0.15, -0.1) is 0 Å². The molecule has 0 saturated heterocycles. The summed E-state index contributed by atoms with van der Waals surface area (Å²) in [4.78, 5) is 24.6. The van der Waals surface area contributed by atoms with Gasteiger partial charge in [-0.05, 0) is 32.0 Å². The first-order valence-corrected chi connectivity index (χ1v) is 6.54. The number of nitrogens with zero attached hydrogens (tertiary/aromatic N) is 1. The first kappa shape index (κ1) is 16.3. The summed E-state index contributed by atoms with van der Waals surface area (Å²) in [6, 6.07) is 4.85. The van der Waals surface area contributed by atoms with Crippen LogP contribution in [-0.2, 0) is 9.59 Å². The average Bonchev–Trinajstić information content (AvgIpc) is 2.32. The SMILES string of the molecule is CC(C)N(CC(N)=O)CC(=O)Nc1cc(N)ccc1Cl.